The summed E-state index contributed by atoms with van der Waals surface area (Å²) in [6.45, 7) is 2.14. The summed E-state index contributed by atoms with van der Waals surface area (Å²) in [5.41, 5.74) is 4.95. The van der Waals surface area contributed by atoms with Gasteiger partial charge in [0.15, 0.2) is 0 Å². The van der Waals surface area contributed by atoms with Gasteiger partial charge in [0, 0.05) is 90.0 Å². The Balaban J connectivity index is 1.23. The first-order valence-corrected chi connectivity index (χ1v) is 17.0. The Bertz CT molecular complexity index is 1870. The number of hydrogen-bond acceptors (Lipinski definition) is 7. The second-order valence-corrected chi connectivity index (χ2v) is 13.0. The van der Waals surface area contributed by atoms with E-state index in [0.717, 1.165) is 18.4 Å². The smallest absolute Gasteiger partial charge is 0.220 e. The molecule has 0 unspecified atom stereocenters. The van der Waals surface area contributed by atoms with Crippen LogP contribution < -0.4 is 30.7 Å². The highest BCUT2D eigenvalue weighted by molar-refractivity contribution is 6.39. The standard InChI is InChI=1S/C37H38Cl2FN5O4/c1-48-32-16-29(30(40)15-22(32)18-42-20-24-11-14-34(47)44-24)27-7-3-5-25(35(27)38)26-6-4-8-28(36(26)39)31-12-9-21(37(45-31)49-2)17-41-19-23-10-13-33(46)43-23/h3-9,12,15-16,23-24,41-42H,10-11,13-14,17-20H2,1-2H3,(H,43,46)(H,44,47)/t23-,24-/m0/s1. The van der Waals surface area contributed by atoms with Gasteiger partial charge in [-0.3, -0.25) is 9.59 Å². The van der Waals surface area contributed by atoms with Gasteiger partial charge in [0.25, 0.3) is 0 Å². The number of methoxy groups -OCH3 is 2. The number of carbonyl (C=O) groups is 2. The Hall–Kier alpha value is -4.22. The van der Waals surface area contributed by atoms with Crippen LogP contribution >= 0.6 is 23.2 Å². The van der Waals surface area contributed by atoms with Crippen LogP contribution in [0.15, 0.2) is 60.7 Å². The van der Waals surface area contributed by atoms with Crippen LogP contribution in [0.4, 0.5) is 4.39 Å². The average Bonchev–Trinajstić information content (AvgIpc) is 3.72. The third-order valence-electron chi connectivity index (χ3n) is 8.94. The number of ether oxygens (including phenoxy) is 2. The SMILES string of the molecule is COc1cc(-c2cccc(-c3cccc(-c4ccc(CNC[C@@H]5CCC(=O)N5)c(OC)n4)c3Cl)c2Cl)c(F)cc1CNC[C@@H]1CCC(=O)N1. The molecule has 12 heteroatoms. The zero-order valence-corrected chi connectivity index (χ0v) is 28.8. The van der Waals surface area contributed by atoms with Crippen LogP contribution in [0.1, 0.15) is 36.8 Å². The van der Waals surface area contributed by atoms with Gasteiger partial charge in [-0.25, -0.2) is 9.37 Å². The molecule has 9 nitrogen and oxygen atoms in total. The third-order valence-corrected chi connectivity index (χ3v) is 9.75. The number of hydrogen-bond donors (Lipinski definition) is 4. The fourth-order valence-corrected chi connectivity index (χ4v) is 7.02. The van der Waals surface area contributed by atoms with Gasteiger partial charge < -0.3 is 30.7 Å². The molecule has 256 valence electrons. The first-order valence-electron chi connectivity index (χ1n) is 16.2. The van der Waals surface area contributed by atoms with E-state index < -0.39 is 5.82 Å². The van der Waals surface area contributed by atoms with Crippen LogP contribution in [0.2, 0.25) is 10.0 Å². The first-order chi connectivity index (χ1) is 23.7. The van der Waals surface area contributed by atoms with E-state index in [-0.39, 0.29) is 23.9 Å². The van der Waals surface area contributed by atoms with Crippen molar-refractivity contribution < 1.29 is 23.5 Å². The number of halogens is 3. The van der Waals surface area contributed by atoms with Crippen LogP contribution in [-0.4, -0.2) is 56.2 Å². The molecule has 0 aliphatic carbocycles. The number of amides is 2. The van der Waals surface area contributed by atoms with E-state index in [1.165, 1.54) is 6.07 Å². The number of nitrogens with zero attached hydrogens (tertiary/aromatic N) is 1. The Morgan fingerprint density at radius 1 is 0.755 bits per heavy atom. The van der Waals surface area contributed by atoms with Crippen molar-refractivity contribution >= 4 is 35.0 Å². The summed E-state index contributed by atoms with van der Waals surface area (Å²) in [6, 6.07) is 18.2. The summed E-state index contributed by atoms with van der Waals surface area (Å²) in [5.74, 6) is 0.682. The normalized spacial score (nSPS) is 17.2. The molecule has 4 aromatic rings. The molecule has 4 N–H and O–H groups in total. The van der Waals surface area contributed by atoms with Crippen LogP contribution in [-0.2, 0) is 22.7 Å². The maximum absolute atomic E-state index is 15.7. The predicted octanol–water partition coefficient (Wildman–Crippen LogP) is 6.28. The van der Waals surface area contributed by atoms with Crippen LogP contribution in [0, 0.1) is 5.82 Å². The van der Waals surface area contributed by atoms with Crippen molar-refractivity contribution in [1.82, 2.24) is 26.3 Å². The first kappa shape index (κ1) is 34.6. The van der Waals surface area contributed by atoms with E-state index in [9.17, 15) is 9.59 Å². The Morgan fingerprint density at radius 3 is 1.86 bits per heavy atom. The zero-order valence-electron chi connectivity index (χ0n) is 27.3. The number of benzene rings is 3. The van der Waals surface area contributed by atoms with Crippen molar-refractivity contribution in [2.24, 2.45) is 0 Å². The van der Waals surface area contributed by atoms with Gasteiger partial charge in [-0.2, -0.15) is 0 Å². The van der Waals surface area contributed by atoms with Crippen molar-refractivity contribution in [2.75, 3.05) is 27.3 Å². The molecule has 2 saturated heterocycles. The van der Waals surface area contributed by atoms with Gasteiger partial charge >= 0.3 is 0 Å². The molecule has 2 aliphatic heterocycles. The molecule has 3 aromatic carbocycles. The number of pyridine rings is 1. The fourth-order valence-electron chi connectivity index (χ4n) is 6.37. The highest BCUT2D eigenvalue weighted by atomic mass is 35.5. The van der Waals surface area contributed by atoms with E-state index in [4.69, 9.17) is 37.7 Å². The maximum atomic E-state index is 15.7. The molecule has 49 heavy (non-hydrogen) atoms. The van der Waals surface area contributed by atoms with E-state index >= 15 is 4.39 Å². The van der Waals surface area contributed by atoms with Gasteiger partial charge in [0.2, 0.25) is 17.7 Å². The quantitative estimate of drug-likeness (QED) is 0.130. The van der Waals surface area contributed by atoms with Crippen molar-refractivity contribution in [2.45, 2.75) is 50.9 Å². The molecule has 3 heterocycles. The zero-order chi connectivity index (χ0) is 34.5. The van der Waals surface area contributed by atoms with E-state index in [1.807, 2.05) is 42.5 Å². The minimum absolute atomic E-state index is 0.0514. The lowest BCUT2D eigenvalue weighted by Gasteiger charge is -2.17. The minimum Gasteiger partial charge on any atom is -0.496 e. The molecule has 1 aromatic heterocycles. The average molecular weight is 707 g/mol. The second-order valence-electron chi connectivity index (χ2n) is 12.2. The molecule has 0 saturated carbocycles. The van der Waals surface area contributed by atoms with Crippen molar-refractivity contribution in [3.8, 4) is 45.1 Å². The second kappa shape index (κ2) is 15.6. The van der Waals surface area contributed by atoms with Gasteiger partial charge in [0.05, 0.1) is 30.0 Å². The summed E-state index contributed by atoms with van der Waals surface area (Å²) < 4.78 is 27.0. The van der Waals surface area contributed by atoms with Gasteiger partial charge in [-0.15, -0.1) is 0 Å². The highest BCUT2D eigenvalue weighted by Gasteiger charge is 2.23. The molecule has 6 rings (SSSR count). The Labute approximate surface area is 294 Å². The third kappa shape index (κ3) is 7.83. The van der Waals surface area contributed by atoms with Crippen molar-refractivity contribution in [1.29, 1.82) is 0 Å². The molecule has 0 radical (unpaired) electrons. The summed E-state index contributed by atoms with van der Waals surface area (Å²) in [7, 11) is 3.12. The van der Waals surface area contributed by atoms with Crippen LogP contribution in [0.25, 0.3) is 33.5 Å². The lowest BCUT2D eigenvalue weighted by molar-refractivity contribution is -0.120. The fraction of sp³-hybridized carbons (Fsp3) is 0.324. The van der Waals surface area contributed by atoms with Crippen molar-refractivity contribution in [3.05, 3.63) is 87.7 Å². The summed E-state index contributed by atoms with van der Waals surface area (Å²) in [6.07, 6.45) is 2.68. The monoisotopic (exact) mass is 705 g/mol. The summed E-state index contributed by atoms with van der Waals surface area (Å²) >= 11 is 14.1. The highest BCUT2D eigenvalue weighted by Crippen LogP contribution is 2.43. The predicted molar refractivity (Wildman–Crippen MR) is 189 cm³/mol. The topological polar surface area (TPSA) is 114 Å². The van der Waals surface area contributed by atoms with Gasteiger partial charge in [0.1, 0.15) is 11.6 Å². The van der Waals surface area contributed by atoms with Crippen molar-refractivity contribution in [3.63, 3.8) is 0 Å². The number of nitrogens with one attached hydrogen (secondary N) is 4. The summed E-state index contributed by atoms with van der Waals surface area (Å²) in [5, 5.41) is 13.3. The minimum atomic E-state index is -0.440. The summed E-state index contributed by atoms with van der Waals surface area (Å²) in [4.78, 5) is 27.8. The molecule has 2 atom stereocenters. The molecule has 2 fully saturated rings. The molecular weight excluding hydrogens is 668 g/mol. The molecular formula is C37H38Cl2FN5O4. The lowest BCUT2D eigenvalue weighted by atomic mass is 9.95. The molecule has 2 aliphatic rings. The maximum Gasteiger partial charge on any atom is 0.220 e. The molecule has 2 amide bonds. The van der Waals surface area contributed by atoms with Gasteiger partial charge in [-0.1, -0.05) is 65.7 Å². The molecule has 0 spiro atoms. The number of rotatable bonds is 13. The van der Waals surface area contributed by atoms with Crippen LogP contribution in [0.5, 0.6) is 11.6 Å². The van der Waals surface area contributed by atoms with E-state index in [0.29, 0.717) is 99.8 Å². The Morgan fingerprint density at radius 2 is 1.31 bits per heavy atom. The van der Waals surface area contributed by atoms with Gasteiger partial charge in [-0.05, 0) is 31.0 Å². The van der Waals surface area contributed by atoms with Crippen LogP contribution in [0.3, 0.4) is 0 Å². The number of carbonyl (C=O) groups excluding carboxylic acids is 2. The Kier molecular flexibility index (Phi) is 11.0. The van der Waals surface area contributed by atoms with E-state index in [1.54, 1.807) is 26.4 Å². The molecule has 0 bridgehead atoms. The number of aromatic nitrogens is 1. The lowest BCUT2D eigenvalue weighted by Crippen LogP contribution is -2.35. The largest absolute Gasteiger partial charge is 0.496 e. The van der Waals surface area contributed by atoms with E-state index in [2.05, 4.69) is 21.3 Å².